The molecule has 2 aromatic carbocycles. The summed E-state index contributed by atoms with van der Waals surface area (Å²) >= 11 is 0. The van der Waals surface area contributed by atoms with Crippen LogP contribution in [0.1, 0.15) is 35.6 Å². The van der Waals surface area contributed by atoms with E-state index < -0.39 is 6.10 Å². The van der Waals surface area contributed by atoms with Crippen molar-refractivity contribution in [3.63, 3.8) is 0 Å². The molecular weight excluding hydrogens is 355 g/mol. The van der Waals surface area contributed by atoms with Gasteiger partial charge in [0, 0.05) is 12.6 Å². The monoisotopic (exact) mass is 382 g/mol. The zero-order valence-corrected chi connectivity index (χ0v) is 16.4. The molecule has 1 N–H and O–H groups in total. The van der Waals surface area contributed by atoms with Crippen LogP contribution in [0.3, 0.4) is 0 Å². The third-order valence-electron chi connectivity index (χ3n) is 6.33. The molecular formula is C23H27FN2O2. The second-order valence-corrected chi connectivity index (χ2v) is 8.23. The van der Waals surface area contributed by atoms with Crippen molar-refractivity contribution in [2.24, 2.45) is 5.92 Å². The Morgan fingerprint density at radius 1 is 1.14 bits per heavy atom. The number of nitrogens with zero attached hydrogens (tertiary/aromatic N) is 2. The van der Waals surface area contributed by atoms with E-state index in [1.165, 1.54) is 17.7 Å². The number of carbonyl (C=O) groups excluding carboxylic acids is 1. The maximum Gasteiger partial charge on any atom is 0.252 e. The van der Waals surface area contributed by atoms with Crippen molar-refractivity contribution < 1.29 is 14.3 Å². The van der Waals surface area contributed by atoms with E-state index in [-0.39, 0.29) is 23.7 Å². The van der Waals surface area contributed by atoms with Gasteiger partial charge in [-0.1, -0.05) is 36.4 Å². The maximum absolute atomic E-state index is 13.5. The molecule has 0 radical (unpaired) electrons. The Labute approximate surface area is 165 Å². The Balaban J connectivity index is 1.61. The zero-order chi connectivity index (χ0) is 19.8. The SMILES string of the molecule is CN(C)C1CC([C@@H](O)C(=O)N2CCc3ccccc3[C@@H]2c2ccc(F)cc2)C1. The second-order valence-electron chi connectivity index (χ2n) is 8.23. The van der Waals surface area contributed by atoms with Crippen molar-refractivity contribution in [2.45, 2.75) is 37.5 Å². The molecule has 1 amide bonds. The van der Waals surface area contributed by atoms with Crippen molar-refractivity contribution in [2.75, 3.05) is 20.6 Å². The standard InChI is InChI=1S/C23H27FN2O2/c1-25(2)19-13-17(14-19)22(27)23(28)26-12-11-15-5-3-4-6-20(15)21(26)16-7-9-18(24)10-8-16/h3-10,17,19,21-22,27H,11-14H2,1-2H3/t17?,19?,21-,22+/m0/s1. The third kappa shape index (κ3) is 3.45. The van der Waals surface area contributed by atoms with Gasteiger partial charge in [-0.2, -0.15) is 0 Å². The Morgan fingerprint density at radius 2 is 1.82 bits per heavy atom. The predicted molar refractivity (Wildman–Crippen MR) is 106 cm³/mol. The summed E-state index contributed by atoms with van der Waals surface area (Å²) in [5.41, 5.74) is 3.13. The number of fused-ring (bicyclic) bond motifs is 1. The summed E-state index contributed by atoms with van der Waals surface area (Å²) in [4.78, 5) is 17.2. The van der Waals surface area contributed by atoms with Gasteiger partial charge < -0.3 is 14.9 Å². The lowest BCUT2D eigenvalue weighted by Crippen LogP contribution is -2.52. The van der Waals surface area contributed by atoms with Crippen LogP contribution in [0.4, 0.5) is 4.39 Å². The number of hydrogen-bond acceptors (Lipinski definition) is 3. The first-order chi connectivity index (χ1) is 13.5. The van der Waals surface area contributed by atoms with Gasteiger partial charge in [-0.05, 0) is 68.1 Å². The number of rotatable bonds is 4. The Kier molecular flexibility index (Phi) is 5.21. The van der Waals surface area contributed by atoms with E-state index in [2.05, 4.69) is 11.0 Å². The highest BCUT2D eigenvalue weighted by atomic mass is 19.1. The lowest BCUT2D eigenvalue weighted by Gasteiger charge is -2.44. The fraction of sp³-hybridized carbons (Fsp3) is 0.435. The van der Waals surface area contributed by atoms with Crippen LogP contribution >= 0.6 is 0 Å². The normalized spacial score (nSPS) is 25.2. The molecule has 0 spiro atoms. The lowest BCUT2D eigenvalue weighted by molar-refractivity contribution is -0.148. The second kappa shape index (κ2) is 7.64. The molecule has 2 atom stereocenters. The average molecular weight is 382 g/mol. The van der Waals surface area contributed by atoms with Crippen LogP contribution < -0.4 is 0 Å². The minimum absolute atomic E-state index is 0.00550. The number of aliphatic hydroxyl groups is 1. The first kappa shape index (κ1) is 19.1. The van der Waals surface area contributed by atoms with Crippen LogP contribution in [-0.4, -0.2) is 53.6 Å². The molecule has 1 aliphatic carbocycles. The van der Waals surface area contributed by atoms with Gasteiger partial charge in [0.1, 0.15) is 11.9 Å². The van der Waals surface area contributed by atoms with Crippen LogP contribution in [0.2, 0.25) is 0 Å². The summed E-state index contributed by atoms with van der Waals surface area (Å²) in [5, 5.41) is 10.8. The van der Waals surface area contributed by atoms with Crippen molar-refractivity contribution in [1.29, 1.82) is 0 Å². The molecule has 1 fully saturated rings. The van der Waals surface area contributed by atoms with E-state index in [0.717, 1.165) is 30.4 Å². The summed E-state index contributed by atoms with van der Waals surface area (Å²) in [6, 6.07) is 14.5. The first-order valence-electron chi connectivity index (χ1n) is 9.94. The summed E-state index contributed by atoms with van der Waals surface area (Å²) in [7, 11) is 4.06. The van der Waals surface area contributed by atoms with Crippen molar-refractivity contribution in [3.05, 3.63) is 71.0 Å². The molecule has 2 aliphatic rings. The van der Waals surface area contributed by atoms with Crippen LogP contribution in [-0.2, 0) is 11.2 Å². The quantitative estimate of drug-likeness (QED) is 0.884. The van der Waals surface area contributed by atoms with Gasteiger partial charge >= 0.3 is 0 Å². The zero-order valence-electron chi connectivity index (χ0n) is 16.4. The van der Waals surface area contributed by atoms with Gasteiger partial charge in [-0.15, -0.1) is 0 Å². The molecule has 5 heteroatoms. The minimum Gasteiger partial charge on any atom is -0.383 e. The van der Waals surface area contributed by atoms with Crippen molar-refractivity contribution in [3.8, 4) is 0 Å². The average Bonchev–Trinajstić information content (AvgIpc) is 2.65. The predicted octanol–water partition coefficient (Wildman–Crippen LogP) is 3.00. The molecule has 0 aromatic heterocycles. The topological polar surface area (TPSA) is 43.8 Å². The number of aliphatic hydroxyl groups excluding tert-OH is 1. The lowest BCUT2D eigenvalue weighted by atomic mass is 9.75. The highest BCUT2D eigenvalue weighted by molar-refractivity contribution is 5.82. The molecule has 2 aromatic rings. The van der Waals surface area contributed by atoms with E-state index >= 15 is 0 Å². The summed E-state index contributed by atoms with van der Waals surface area (Å²) < 4.78 is 13.5. The molecule has 4 nitrogen and oxygen atoms in total. The maximum atomic E-state index is 13.5. The molecule has 4 rings (SSSR count). The molecule has 28 heavy (non-hydrogen) atoms. The smallest absolute Gasteiger partial charge is 0.252 e. The van der Waals surface area contributed by atoms with E-state index in [1.807, 2.05) is 32.3 Å². The van der Waals surface area contributed by atoms with Crippen LogP contribution in [0.5, 0.6) is 0 Å². The Bertz CT molecular complexity index is 846. The molecule has 0 bridgehead atoms. The van der Waals surface area contributed by atoms with Gasteiger partial charge in [-0.25, -0.2) is 4.39 Å². The fourth-order valence-electron chi connectivity index (χ4n) is 4.49. The van der Waals surface area contributed by atoms with E-state index in [0.29, 0.717) is 12.6 Å². The molecule has 1 aliphatic heterocycles. The van der Waals surface area contributed by atoms with Crippen molar-refractivity contribution in [1.82, 2.24) is 9.80 Å². The number of hydrogen-bond donors (Lipinski definition) is 1. The summed E-state index contributed by atoms with van der Waals surface area (Å²) in [5.74, 6) is -0.507. The number of amides is 1. The molecule has 148 valence electrons. The Hall–Kier alpha value is -2.24. The molecule has 0 saturated heterocycles. The number of benzene rings is 2. The van der Waals surface area contributed by atoms with Gasteiger partial charge in [0.05, 0.1) is 6.04 Å². The van der Waals surface area contributed by atoms with E-state index in [1.54, 1.807) is 17.0 Å². The highest BCUT2D eigenvalue weighted by Crippen LogP contribution is 2.38. The Morgan fingerprint density at radius 3 is 2.50 bits per heavy atom. The van der Waals surface area contributed by atoms with Crippen LogP contribution in [0.15, 0.2) is 48.5 Å². The van der Waals surface area contributed by atoms with Gasteiger partial charge in [0.25, 0.3) is 5.91 Å². The largest absolute Gasteiger partial charge is 0.383 e. The van der Waals surface area contributed by atoms with Gasteiger partial charge in [0.15, 0.2) is 0 Å². The highest BCUT2D eigenvalue weighted by Gasteiger charge is 2.42. The van der Waals surface area contributed by atoms with Crippen LogP contribution in [0.25, 0.3) is 0 Å². The third-order valence-corrected chi connectivity index (χ3v) is 6.33. The molecule has 1 saturated carbocycles. The molecule has 0 unspecified atom stereocenters. The minimum atomic E-state index is -0.982. The summed E-state index contributed by atoms with van der Waals surface area (Å²) in [6.07, 6.45) is 1.46. The molecule has 1 heterocycles. The van der Waals surface area contributed by atoms with E-state index in [4.69, 9.17) is 0 Å². The summed E-state index contributed by atoms with van der Waals surface area (Å²) in [6.45, 7) is 0.554. The van der Waals surface area contributed by atoms with Crippen molar-refractivity contribution >= 4 is 5.91 Å². The van der Waals surface area contributed by atoms with Gasteiger partial charge in [0.2, 0.25) is 0 Å². The fourth-order valence-corrected chi connectivity index (χ4v) is 4.49. The van der Waals surface area contributed by atoms with E-state index in [9.17, 15) is 14.3 Å². The first-order valence-corrected chi connectivity index (χ1v) is 9.94. The number of halogens is 1. The van der Waals surface area contributed by atoms with Gasteiger partial charge in [-0.3, -0.25) is 4.79 Å². The number of carbonyl (C=O) groups is 1. The van der Waals surface area contributed by atoms with Crippen LogP contribution in [0, 0.1) is 11.7 Å².